The summed E-state index contributed by atoms with van der Waals surface area (Å²) in [5.41, 5.74) is 0.882. The number of fused-ring (bicyclic) bond motifs is 1. The van der Waals surface area contributed by atoms with Crippen molar-refractivity contribution in [2.75, 3.05) is 23.4 Å². The molecule has 1 saturated heterocycles. The normalized spacial score (nSPS) is 25.5. The third kappa shape index (κ3) is 3.52. The quantitative estimate of drug-likeness (QED) is 0.851. The highest BCUT2D eigenvalue weighted by Gasteiger charge is 2.32. The third-order valence-electron chi connectivity index (χ3n) is 4.26. The third-order valence-corrected chi connectivity index (χ3v) is 6.10. The minimum Gasteiger partial charge on any atom is -0.355 e. The number of sulfone groups is 1. The summed E-state index contributed by atoms with van der Waals surface area (Å²) >= 11 is 0. The summed E-state index contributed by atoms with van der Waals surface area (Å²) in [6.45, 7) is 0.271. The maximum atomic E-state index is 13.3. The van der Waals surface area contributed by atoms with Gasteiger partial charge < -0.3 is 10.6 Å². The van der Waals surface area contributed by atoms with Crippen LogP contribution in [0.3, 0.4) is 0 Å². The molecule has 3 rings (SSSR count). The van der Waals surface area contributed by atoms with Gasteiger partial charge in [0.25, 0.3) is 0 Å². The molecule has 6 nitrogen and oxygen atoms in total. The van der Waals surface area contributed by atoms with E-state index in [1.54, 1.807) is 0 Å². The number of carbonyl (C=O) groups is 2. The number of benzene rings is 1. The van der Waals surface area contributed by atoms with Crippen LogP contribution in [0.25, 0.3) is 0 Å². The van der Waals surface area contributed by atoms with Crippen molar-refractivity contribution in [3.05, 3.63) is 29.6 Å². The van der Waals surface area contributed by atoms with Crippen LogP contribution in [0.4, 0.5) is 10.1 Å². The Labute approximate surface area is 133 Å². The van der Waals surface area contributed by atoms with E-state index in [9.17, 15) is 22.4 Å². The van der Waals surface area contributed by atoms with Gasteiger partial charge in [-0.15, -0.1) is 0 Å². The predicted octanol–water partition coefficient (Wildman–Crippen LogP) is 0.802. The Morgan fingerprint density at radius 3 is 2.87 bits per heavy atom. The van der Waals surface area contributed by atoms with E-state index >= 15 is 0 Å². The molecule has 23 heavy (non-hydrogen) atoms. The Kier molecular flexibility index (Phi) is 4.09. The van der Waals surface area contributed by atoms with Crippen LogP contribution in [0.1, 0.15) is 24.3 Å². The van der Waals surface area contributed by atoms with E-state index in [1.807, 2.05) is 0 Å². The van der Waals surface area contributed by atoms with Crippen molar-refractivity contribution < 1.29 is 22.4 Å². The number of carbonyl (C=O) groups excluding carboxylic acids is 2. The molecule has 2 aliphatic rings. The Balaban J connectivity index is 1.69. The standard InChI is InChI=1S/C15H17FN2O4S/c16-10-1-2-11-12(6-14(19)18-13(11)5-10)15(20)17-7-9-3-4-23(21,22)8-9/h1-2,5,9,12H,3-4,6-8H2,(H,17,20)(H,18,19)/t9-,12+/m1/s1. The molecule has 0 unspecified atom stereocenters. The summed E-state index contributed by atoms with van der Waals surface area (Å²) < 4.78 is 36.1. The Morgan fingerprint density at radius 1 is 1.39 bits per heavy atom. The zero-order valence-corrected chi connectivity index (χ0v) is 13.2. The van der Waals surface area contributed by atoms with Crippen molar-refractivity contribution in [2.45, 2.75) is 18.8 Å². The Morgan fingerprint density at radius 2 is 2.17 bits per heavy atom. The molecule has 0 spiro atoms. The minimum atomic E-state index is -2.99. The number of anilines is 1. The van der Waals surface area contributed by atoms with Gasteiger partial charge in [-0.2, -0.15) is 0 Å². The first kappa shape index (κ1) is 15.9. The molecule has 0 radical (unpaired) electrons. The molecule has 2 aliphatic heterocycles. The first-order valence-electron chi connectivity index (χ1n) is 7.41. The van der Waals surface area contributed by atoms with Gasteiger partial charge in [-0.1, -0.05) is 6.07 Å². The fourth-order valence-electron chi connectivity index (χ4n) is 3.07. The van der Waals surface area contributed by atoms with Crippen LogP contribution >= 0.6 is 0 Å². The van der Waals surface area contributed by atoms with Crippen molar-refractivity contribution in [1.82, 2.24) is 5.32 Å². The van der Waals surface area contributed by atoms with Gasteiger partial charge in [0.1, 0.15) is 5.82 Å². The minimum absolute atomic E-state index is 0.00652. The number of halogens is 1. The van der Waals surface area contributed by atoms with Crippen molar-refractivity contribution in [1.29, 1.82) is 0 Å². The summed E-state index contributed by atoms with van der Waals surface area (Å²) in [5.74, 6) is -1.70. The monoisotopic (exact) mass is 340 g/mol. The summed E-state index contributed by atoms with van der Waals surface area (Å²) in [4.78, 5) is 24.1. The summed E-state index contributed by atoms with van der Waals surface area (Å²) in [6, 6.07) is 3.94. The first-order valence-corrected chi connectivity index (χ1v) is 9.23. The van der Waals surface area contributed by atoms with Crippen molar-refractivity contribution in [2.24, 2.45) is 5.92 Å². The molecule has 2 atom stereocenters. The summed E-state index contributed by atoms with van der Waals surface area (Å²) in [7, 11) is -2.99. The van der Waals surface area contributed by atoms with Crippen LogP contribution in [0.5, 0.6) is 0 Å². The fraction of sp³-hybridized carbons (Fsp3) is 0.467. The number of amides is 2. The highest BCUT2D eigenvalue weighted by atomic mass is 32.2. The fourth-order valence-corrected chi connectivity index (χ4v) is 4.93. The van der Waals surface area contributed by atoms with E-state index < -0.39 is 21.6 Å². The Bertz CT molecular complexity index is 763. The van der Waals surface area contributed by atoms with E-state index in [-0.39, 0.29) is 42.2 Å². The average Bonchev–Trinajstić information content (AvgIpc) is 2.82. The molecule has 8 heteroatoms. The van der Waals surface area contributed by atoms with Crippen molar-refractivity contribution in [3.63, 3.8) is 0 Å². The molecule has 0 aromatic heterocycles. The van der Waals surface area contributed by atoms with Gasteiger partial charge in [0.2, 0.25) is 11.8 Å². The van der Waals surface area contributed by atoms with Gasteiger partial charge in [0.15, 0.2) is 9.84 Å². The second-order valence-electron chi connectivity index (χ2n) is 6.05. The molecular formula is C15H17FN2O4S. The van der Waals surface area contributed by atoms with Crippen LogP contribution in [0, 0.1) is 11.7 Å². The highest BCUT2D eigenvalue weighted by molar-refractivity contribution is 7.91. The van der Waals surface area contributed by atoms with Gasteiger partial charge >= 0.3 is 0 Å². The second-order valence-corrected chi connectivity index (χ2v) is 8.28. The highest BCUT2D eigenvalue weighted by Crippen LogP contribution is 2.33. The van der Waals surface area contributed by atoms with E-state index in [1.165, 1.54) is 18.2 Å². The van der Waals surface area contributed by atoms with Gasteiger partial charge in [-0.3, -0.25) is 9.59 Å². The number of hydrogen-bond acceptors (Lipinski definition) is 4. The smallest absolute Gasteiger partial charge is 0.228 e. The average molecular weight is 340 g/mol. The lowest BCUT2D eigenvalue weighted by atomic mass is 9.89. The topological polar surface area (TPSA) is 92.3 Å². The second kappa shape index (κ2) is 5.92. The molecule has 0 aliphatic carbocycles. The molecule has 2 heterocycles. The van der Waals surface area contributed by atoms with Gasteiger partial charge in [-0.05, 0) is 30.0 Å². The maximum Gasteiger partial charge on any atom is 0.228 e. The van der Waals surface area contributed by atoms with Gasteiger partial charge in [0.05, 0.1) is 17.4 Å². The van der Waals surface area contributed by atoms with Crippen LogP contribution in [-0.2, 0) is 19.4 Å². The number of rotatable bonds is 3. The van der Waals surface area contributed by atoms with Crippen LogP contribution in [0.15, 0.2) is 18.2 Å². The number of hydrogen-bond donors (Lipinski definition) is 2. The Hall–Kier alpha value is -1.96. The zero-order valence-electron chi connectivity index (χ0n) is 12.3. The van der Waals surface area contributed by atoms with Crippen molar-refractivity contribution in [3.8, 4) is 0 Å². The maximum absolute atomic E-state index is 13.3. The van der Waals surface area contributed by atoms with E-state index in [0.717, 1.165) is 0 Å². The summed E-state index contributed by atoms with van der Waals surface area (Å²) in [6.07, 6.45) is 0.531. The lowest BCUT2D eigenvalue weighted by Gasteiger charge is -2.25. The predicted molar refractivity (Wildman–Crippen MR) is 82.2 cm³/mol. The summed E-state index contributed by atoms with van der Waals surface area (Å²) in [5, 5.41) is 5.29. The SMILES string of the molecule is O=C1C[C@H](C(=O)NC[C@H]2CCS(=O)(=O)C2)c2ccc(F)cc2N1. The van der Waals surface area contributed by atoms with Crippen LogP contribution < -0.4 is 10.6 Å². The molecule has 2 N–H and O–H groups in total. The lowest BCUT2D eigenvalue weighted by molar-refractivity contribution is -0.126. The molecule has 1 aromatic rings. The van der Waals surface area contributed by atoms with Gasteiger partial charge in [0, 0.05) is 18.7 Å². The molecule has 0 saturated carbocycles. The van der Waals surface area contributed by atoms with E-state index in [2.05, 4.69) is 10.6 Å². The molecule has 1 fully saturated rings. The van der Waals surface area contributed by atoms with Gasteiger partial charge in [-0.25, -0.2) is 12.8 Å². The number of nitrogens with one attached hydrogen (secondary N) is 2. The van der Waals surface area contributed by atoms with Crippen LogP contribution in [-0.4, -0.2) is 38.3 Å². The van der Waals surface area contributed by atoms with Crippen LogP contribution in [0.2, 0.25) is 0 Å². The first-order chi connectivity index (χ1) is 10.8. The molecule has 124 valence electrons. The molecular weight excluding hydrogens is 323 g/mol. The van der Waals surface area contributed by atoms with E-state index in [4.69, 9.17) is 0 Å². The van der Waals surface area contributed by atoms with E-state index in [0.29, 0.717) is 17.7 Å². The molecule has 2 amide bonds. The molecule has 1 aromatic carbocycles. The zero-order chi connectivity index (χ0) is 16.6. The largest absolute Gasteiger partial charge is 0.355 e. The molecule has 0 bridgehead atoms. The van der Waals surface area contributed by atoms with Crippen molar-refractivity contribution >= 4 is 27.3 Å². The lowest BCUT2D eigenvalue weighted by Crippen LogP contribution is -2.37.